The zero-order valence-electron chi connectivity index (χ0n) is 20.0. The quantitative estimate of drug-likeness (QED) is 0.488. The molecule has 210 valence electrons. The average Bonchev–Trinajstić information content (AvgIpc) is 3.38. The minimum atomic E-state index is -5.08. The van der Waals surface area contributed by atoms with Crippen molar-refractivity contribution in [1.29, 1.82) is 0 Å². The van der Waals surface area contributed by atoms with E-state index in [9.17, 15) is 31.1 Å². The zero-order valence-corrected chi connectivity index (χ0v) is 20.0. The molecule has 2 aromatic rings. The van der Waals surface area contributed by atoms with Gasteiger partial charge in [-0.15, -0.1) is 0 Å². The number of aliphatic carboxylic acids is 2. The van der Waals surface area contributed by atoms with Gasteiger partial charge in [0.15, 0.2) is 0 Å². The third kappa shape index (κ3) is 9.04. The summed E-state index contributed by atoms with van der Waals surface area (Å²) >= 11 is 0. The smallest absolute Gasteiger partial charge is 0.475 e. The maximum Gasteiger partial charge on any atom is 0.490 e. The van der Waals surface area contributed by atoms with E-state index in [1.54, 1.807) is 12.4 Å². The Hall–Kier alpha value is -3.62. The molecule has 2 fully saturated rings. The second kappa shape index (κ2) is 12.3. The molecule has 1 atom stereocenters. The number of carboxylic acid groups (broad SMARTS) is 2. The van der Waals surface area contributed by atoms with Crippen LogP contribution in [0.2, 0.25) is 0 Å². The molecule has 1 unspecified atom stereocenters. The largest absolute Gasteiger partial charge is 0.490 e. The van der Waals surface area contributed by atoms with Gasteiger partial charge in [0.1, 0.15) is 11.5 Å². The predicted octanol–water partition coefficient (Wildman–Crippen LogP) is 3.89. The minimum Gasteiger partial charge on any atom is -0.475 e. The van der Waals surface area contributed by atoms with Crippen molar-refractivity contribution in [3.8, 4) is 0 Å². The summed E-state index contributed by atoms with van der Waals surface area (Å²) in [5.41, 5.74) is 1.04. The number of carboxylic acids is 2. The highest BCUT2D eigenvalue weighted by atomic mass is 19.4. The lowest BCUT2D eigenvalue weighted by Crippen LogP contribution is -2.50. The zero-order chi connectivity index (χ0) is 28.7. The van der Waals surface area contributed by atoms with Crippen LogP contribution < -0.4 is 5.32 Å². The van der Waals surface area contributed by atoms with Crippen molar-refractivity contribution < 1.29 is 55.4 Å². The number of halogens is 6. The second-order valence-electron chi connectivity index (χ2n) is 8.70. The molecule has 4 rings (SSSR count). The Morgan fingerprint density at radius 3 is 1.95 bits per heavy atom. The van der Waals surface area contributed by atoms with E-state index in [4.69, 9.17) is 24.2 Å². The molecule has 38 heavy (non-hydrogen) atoms. The number of aromatic nitrogens is 1. The number of rotatable bonds is 3. The van der Waals surface area contributed by atoms with Gasteiger partial charge >= 0.3 is 24.3 Å². The van der Waals surface area contributed by atoms with Gasteiger partial charge in [-0.3, -0.25) is 14.7 Å². The average molecular weight is 553 g/mol. The van der Waals surface area contributed by atoms with Gasteiger partial charge < -0.3 is 19.9 Å². The highest BCUT2D eigenvalue weighted by Crippen LogP contribution is 2.39. The van der Waals surface area contributed by atoms with E-state index < -0.39 is 24.3 Å². The topological polar surface area (TPSA) is 133 Å². The van der Waals surface area contributed by atoms with E-state index >= 15 is 0 Å². The summed E-state index contributed by atoms with van der Waals surface area (Å²) < 4.78 is 69.2. The maximum atomic E-state index is 12.5. The second-order valence-corrected chi connectivity index (χ2v) is 8.70. The molecule has 9 nitrogen and oxygen atoms in total. The Balaban J connectivity index is 0.000000301. The first-order chi connectivity index (χ1) is 17.5. The first-order valence-corrected chi connectivity index (χ1v) is 11.1. The van der Waals surface area contributed by atoms with Crippen LogP contribution in [0.15, 0.2) is 41.1 Å². The van der Waals surface area contributed by atoms with Gasteiger partial charge in [-0.1, -0.05) is 0 Å². The van der Waals surface area contributed by atoms with Crippen LogP contribution in [0.25, 0.3) is 0 Å². The van der Waals surface area contributed by atoms with Gasteiger partial charge in [0.25, 0.3) is 0 Å². The number of nitrogens with zero attached hydrogens (tertiary/aromatic N) is 2. The van der Waals surface area contributed by atoms with Crippen molar-refractivity contribution in [2.24, 2.45) is 0 Å². The number of hydrogen-bond donors (Lipinski definition) is 3. The number of likely N-dealkylation sites (tertiary alicyclic amines) is 1. The van der Waals surface area contributed by atoms with E-state index in [0.29, 0.717) is 0 Å². The van der Waals surface area contributed by atoms with Gasteiger partial charge in [-0.05, 0) is 56.0 Å². The highest BCUT2D eigenvalue weighted by Gasteiger charge is 2.46. The Bertz CT molecular complexity index is 1070. The molecule has 2 aromatic heterocycles. The first kappa shape index (κ1) is 30.6. The predicted molar refractivity (Wildman–Crippen MR) is 118 cm³/mol. The molecule has 1 amide bonds. The number of carbonyl (C=O) groups is 3. The molecule has 15 heteroatoms. The Morgan fingerprint density at radius 2 is 1.53 bits per heavy atom. The molecule has 0 saturated carbocycles. The SMILES string of the molecule is Cc1ccc(CN2CCC3(CC2)CC(c2ccncc2)C(=O)N3)o1.O=C(O)C(F)(F)F.O=C(O)C(F)(F)F. The van der Waals surface area contributed by atoms with Crippen LogP contribution in [0, 0.1) is 6.92 Å². The normalized spacial score (nSPS) is 19.0. The van der Waals surface area contributed by atoms with Crippen molar-refractivity contribution >= 4 is 17.8 Å². The number of piperidine rings is 1. The van der Waals surface area contributed by atoms with Crippen LogP contribution in [0.4, 0.5) is 26.3 Å². The van der Waals surface area contributed by atoms with Crippen molar-refractivity contribution in [2.75, 3.05) is 13.1 Å². The van der Waals surface area contributed by atoms with Crippen LogP contribution in [0.1, 0.15) is 42.3 Å². The van der Waals surface area contributed by atoms with Crippen LogP contribution >= 0.6 is 0 Å². The highest BCUT2D eigenvalue weighted by molar-refractivity contribution is 5.87. The molecule has 0 bridgehead atoms. The molecule has 2 aliphatic rings. The summed E-state index contributed by atoms with van der Waals surface area (Å²) in [5, 5.41) is 17.5. The number of hydrogen-bond acceptors (Lipinski definition) is 6. The van der Waals surface area contributed by atoms with Crippen molar-refractivity contribution in [1.82, 2.24) is 15.2 Å². The molecule has 2 saturated heterocycles. The van der Waals surface area contributed by atoms with E-state index in [1.807, 2.05) is 25.1 Å². The third-order valence-corrected chi connectivity index (χ3v) is 5.88. The maximum absolute atomic E-state index is 12.5. The molecule has 0 aromatic carbocycles. The molecular formula is C23H25F6N3O6. The fraction of sp³-hybridized carbons (Fsp3) is 0.478. The Morgan fingerprint density at radius 1 is 1.03 bits per heavy atom. The van der Waals surface area contributed by atoms with Crippen LogP contribution in [-0.4, -0.2) is 68.9 Å². The van der Waals surface area contributed by atoms with Gasteiger partial charge in [0.2, 0.25) is 5.91 Å². The lowest BCUT2D eigenvalue weighted by Gasteiger charge is -2.39. The molecule has 4 heterocycles. The lowest BCUT2D eigenvalue weighted by atomic mass is 9.82. The molecule has 0 aliphatic carbocycles. The van der Waals surface area contributed by atoms with Gasteiger partial charge in [-0.25, -0.2) is 9.59 Å². The Kier molecular flexibility index (Phi) is 9.89. The van der Waals surface area contributed by atoms with Crippen LogP contribution in [0.3, 0.4) is 0 Å². The number of carbonyl (C=O) groups excluding carboxylic acids is 1. The van der Waals surface area contributed by atoms with Gasteiger partial charge in [-0.2, -0.15) is 26.3 Å². The summed E-state index contributed by atoms with van der Waals surface area (Å²) in [6.07, 6.45) is -3.74. The minimum absolute atomic E-state index is 0.0349. The number of nitrogens with one attached hydrogen (secondary N) is 1. The van der Waals surface area contributed by atoms with Crippen molar-refractivity contribution in [3.05, 3.63) is 53.7 Å². The number of aryl methyl sites for hydroxylation is 1. The van der Waals surface area contributed by atoms with Crippen LogP contribution in [0.5, 0.6) is 0 Å². The lowest BCUT2D eigenvalue weighted by molar-refractivity contribution is -0.193. The van der Waals surface area contributed by atoms with E-state index in [2.05, 4.69) is 21.3 Å². The molecule has 0 radical (unpaired) electrons. The summed E-state index contributed by atoms with van der Waals surface area (Å²) in [4.78, 5) is 36.7. The van der Waals surface area contributed by atoms with Gasteiger partial charge in [0.05, 0.1) is 12.5 Å². The number of alkyl halides is 6. The summed E-state index contributed by atoms with van der Waals surface area (Å²) in [7, 11) is 0. The van der Waals surface area contributed by atoms with Crippen LogP contribution in [-0.2, 0) is 20.9 Å². The summed E-state index contributed by atoms with van der Waals surface area (Å²) in [6, 6.07) is 7.98. The number of amides is 1. The Labute approximate surface area is 212 Å². The molecule has 2 aliphatic heterocycles. The standard InChI is InChI=1S/C19H23N3O2.2C2HF3O2/c1-14-2-3-16(24-14)13-22-10-6-19(7-11-22)12-17(18(23)21-19)15-4-8-20-9-5-15;2*3-2(4,5)1(6)7/h2-5,8-9,17H,6-7,10-13H2,1H3,(H,21,23);2*(H,6,7). The number of furan rings is 1. The summed E-state index contributed by atoms with van der Waals surface area (Å²) in [6.45, 7) is 4.81. The fourth-order valence-electron chi connectivity index (χ4n) is 4.01. The summed E-state index contributed by atoms with van der Waals surface area (Å²) in [5.74, 6) is -3.40. The first-order valence-electron chi connectivity index (χ1n) is 11.1. The van der Waals surface area contributed by atoms with E-state index in [0.717, 1.165) is 56.0 Å². The van der Waals surface area contributed by atoms with Crippen molar-refractivity contribution in [3.63, 3.8) is 0 Å². The van der Waals surface area contributed by atoms with Gasteiger partial charge in [0, 0.05) is 31.0 Å². The monoisotopic (exact) mass is 553 g/mol. The molecule has 3 N–H and O–H groups in total. The third-order valence-electron chi connectivity index (χ3n) is 5.88. The fourth-order valence-corrected chi connectivity index (χ4v) is 4.01. The number of pyridine rings is 1. The van der Waals surface area contributed by atoms with Crippen molar-refractivity contribution in [2.45, 2.75) is 56.5 Å². The van der Waals surface area contributed by atoms with E-state index in [-0.39, 0.29) is 17.4 Å². The molecular weight excluding hydrogens is 528 g/mol. The van der Waals surface area contributed by atoms with E-state index in [1.165, 1.54) is 0 Å². The molecule has 1 spiro atoms.